The fraction of sp³-hybridized carbons (Fsp3) is 0.562. The number of fused-ring (bicyclic) bond motifs is 1. The number of ether oxygens (including phenoxy) is 1. The van der Waals surface area contributed by atoms with Crippen molar-refractivity contribution in [1.29, 1.82) is 0 Å². The number of hydrogen-bond acceptors (Lipinski definition) is 2. The third-order valence-corrected chi connectivity index (χ3v) is 3.75. The Kier molecular flexibility index (Phi) is 2.90. The molecule has 1 aliphatic rings. The monoisotopic (exact) mass is 258 g/mol. The fourth-order valence-corrected chi connectivity index (χ4v) is 2.62. The van der Waals surface area contributed by atoms with Crippen molar-refractivity contribution in [3.63, 3.8) is 0 Å². The van der Waals surface area contributed by atoms with E-state index in [0.29, 0.717) is 6.10 Å². The maximum Gasteiger partial charge on any atom is 0.115 e. The van der Waals surface area contributed by atoms with E-state index >= 15 is 0 Å². The van der Waals surface area contributed by atoms with Gasteiger partial charge in [-0.2, -0.15) is 0 Å². The summed E-state index contributed by atoms with van der Waals surface area (Å²) in [5.74, 6) is 1.16. The van der Waals surface area contributed by atoms with Crippen molar-refractivity contribution in [2.24, 2.45) is 0 Å². The Labute approximate surface area is 114 Å². The SMILES string of the molecule is Cc1ccc2nc(C(C)(C)C)n(C[C@@H]3CCO3)c2c1. The Bertz CT molecular complexity index is 603. The number of benzene rings is 1. The predicted molar refractivity (Wildman–Crippen MR) is 77.5 cm³/mol. The number of hydrogen-bond donors (Lipinski definition) is 0. The lowest BCUT2D eigenvalue weighted by Gasteiger charge is -2.29. The molecule has 1 atom stereocenters. The van der Waals surface area contributed by atoms with Crippen molar-refractivity contribution in [3.05, 3.63) is 29.6 Å². The molecule has 3 heteroatoms. The molecule has 1 saturated heterocycles. The molecule has 0 unspecified atom stereocenters. The summed E-state index contributed by atoms with van der Waals surface area (Å²) in [6.07, 6.45) is 1.52. The molecule has 0 bridgehead atoms. The van der Waals surface area contributed by atoms with Crippen LogP contribution in [0.25, 0.3) is 11.0 Å². The molecule has 3 nitrogen and oxygen atoms in total. The van der Waals surface area contributed by atoms with E-state index in [0.717, 1.165) is 30.9 Å². The zero-order chi connectivity index (χ0) is 13.6. The highest BCUT2D eigenvalue weighted by molar-refractivity contribution is 5.77. The van der Waals surface area contributed by atoms with E-state index in [2.05, 4.69) is 50.5 Å². The molecule has 1 fully saturated rings. The van der Waals surface area contributed by atoms with Crippen LogP contribution < -0.4 is 0 Å². The zero-order valence-electron chi connectivity index (χ0n) is 12.2. The highest BCUT2D eigenvalue weighted by atomic mass is 16.5. The Balaban J connectivity index is 2.14. The topological polar surface area (TPSA) is 27.1 Å². The second kappa shape index (κ2) is 4.34. The van der Waals surface area contributed by atoms with Gasteiger partial charge >= 0.3 is 0 Å². The molecule has 3 rings (SSSR count). The third kappa shape index (κ3) is 2.27. The molecule has 19 heavy (non-hydrogen) atoms. The maximum atomic E-state index is 5.60. The lowest BCUT2D eigenvalue weighted by atomic mass is 9.95. The highest BCUT2D eigenvalue weighted by Crippen LogP contribution is 2.28. The standard InChI is InChI=1S/C16H22N2O/c1-11-5-6-13-14(9-11)18(10-12-7-8-19-12)15(17-13)16(2,3)4/h5-6,9,12H,7-8,10H2,1-4H3/t12-/m0/s1. The van der Waals surface area contributed by atoms with Crippen LogP contribution in [0.2, 0.25) is 0 Å². The molecule has 102 valence electrons. The van der Waals surface area contributed by atoms with Crippen molar-refractivity contribution in [1.82, 2.24) is 9.55 Å². The quantitative estimate of drug-likeness (QED) is 0.825. The summed E-state index contributed by atoms with van der Waals surface area (Å²) in [4.78, 5) is 4.84. The normalized spacial score (nSPS) is 19.7. The summed E-state index contributed by atoms with van der Waals surface area (Å²) >= 11 is 0. The van der Waals surface area contributed by atoms with Gasteiger partial charge in [0, 0.05) is 12.0 Å². The Morgan fingerprint density at radius 1 is 1.37 bits per heavy atom. The predicted octanol–water partition coefficient (Wildman–Crippen LogP) is 3.43. The van der Waals surface area contributed by atoms with Crippen molar-refractivity contribution in [2.45, 2.75) is 52.2 Å². The van der Waals surface area contributed by atoms with Gasteiger partial charge in [-0.3, -0.25) is 0 Å². The molecule has 0 aliphatic carbocycles. The maximum absolute atomic E-state index is 5.60. The summed E-state index contributed by atoms with van der Waals surface area (Å²) in [6.45, 7) is 10.6. The lowest BCUT2D eigenvalue weighted by Crippen LogP contribution is -2.33. The van der Waals surface area contributed by atoms with E-state index in [1.165, 1.54) is 11.1 Å². The Hall–Kier alpha value is -1.35. The second-order valence-corrected chi connectivity index (χ2v) is 6.57. The summed E-state index contributed by atoms with van der Waals surface area (Å²) in [5.41, 5.74) is 3.66. The molecule has 1 aromatic heterocycles. The minimum Gasteiger partial charge on any atom is -0.376 e. The minimum atomic E-state index is 0.0523. The molecule has 2 heterocycles. The van der Waals surface area contributed by atoms with Crippen LogP contribution in [0.3, 0.4) is 0 Å². The zero-order valence-corrected chi connectivity index (χ0v) is 12.2. The summed E-state index contributed by atoms with van der Waals surface area (Å²) in [5, 5.41) is 0. The first-order chi connectivity index (χ1) is 8.95. The first-order valence-electron chi connectivity index (χ1n) is 7.04. The molecule has 0 saturated carbocycles. The molecule has 1 aromatic carbocycles. The van der Waals surface area contributed by atoms with Gasteiger partial charge in [-0.1, -0.05) is 26.8 Å². The number of aromatic nitrogens is 2. The van der Waals surface area contributed by atoms with Crippen LogP contribution in [-0.2, 0) is 16.7 Å². The average molecular weight is 258 g/mol. The number of imidazole rings is 1. The van der Waals surface area contributed by atoms with E-state index in [-0.39, 0.29) is 5.41 Å². The largest absolute Gasteiger partial charge is 0.376 e. The van der Waals surface area contributed by atoms with E-state index < -0.39 is 0 Å². The van der Waals surface area contributed by atoms with Gasteiger partial charge in [0.2, 0.25) is 0 Å². The average Bonchev–Trinajstić information content (AvgIpc) is 2.61. The van der Waals surface area contributed by atoms with Crippen molar-refractivity contribution in [3.8, 4) is 0 Å². The van der Waals surface area contributed by atoms with Crippen LogP contribution in [0, 0.1) is 6.92 Å². The van der Waals surface area contributed by atoms with Crippen molar-refractivity contribution in [2.75, 3.05) is 6.61 Å². The first-order valence-corrected chi connectivity index (χ1v) is 7.04. The molecule has 0 amide bonds. The number of rotatable bonds is 2. The molecule has 1 aliphatic heterocycles. The van der Waals surface area contributed by atoms with Crippen LogP contribution in [0.1, 0.15) is 38.6 Å². The van der Waals surface area contributed by atoms with Crippen molar-refractivity contribution >= 4 is 11.0 Å². The fourth-order valence-electron chi connectivity index (χ4n) is 2.62. The van der Waals surface area contributed by atoms with Crippen LogP contribution in [0.4, 0.5) is 0 Å². The van der Waals surface area contributed by atoms with Crippen LogP contribution in [0.15, 0.2) is 18.2 Å². The van der Waals surface area contributed by atoms with Gasteiger partial charge in [0.05, 0.1) is 23.7 Å². The van der Waals surface area contributed by atoms with Gasteiger partial charge in [0.1, 0.15) is 5.82 Å². The Morgan fingerprint density at radius 3 is 2.68 bits per heavy atom. The van der Waals surface area contributed by atoms with Crippen LogP contribution >= 0.6 is 0 Å². The smallest absolute Gasteiger partial charge is 0.115 e. The van der Waals surface area contributed by atoms with Crippen molar-refractivity contribution < 1.29 is 4.74 Å². The van der Waals surface area contributed by atoms with Crippen LogP contribution in [0.5, 0.6) is 0 Å². The number of aryl methyl sites for hydroxylation is 1. The molecular formula is C16H22N2O. The minimum absolute atomic E-state index is 0.0523. The van der Waals surface area contributed by atoms with Gasteiger partial charge in [-0.25, -0.2) is 4.98 Å². The lowest BCUT2D eigenvalue weighted by molar-refractivity contribution is -0.0592. The summed E-state index contributed by atoms with van der Waals surface area (Å²) in [7, 11) is 0. The third-order valence-electron chi connectivity index (χ3n) is 3.75. The van der Waals surface area contributed by atoms with Gasteiger partial charge in [0.15, 0.2) is 0 Å². The van der Waals surface area contributed by atoms with Gasteiger partial charge in [-0.15, -0.1) is 0 Å². The van der Waals surface area contributed by atoms with Crippen LogP contribution in [-0.4, -0.2) is 22.3 Å². The number of nitrogens with zero attached hydrogens (tertiary/aromatic N) is 2. The van der Waals surface area contributed by atoms with Gasteiger partial charge in [0.25, 0.3) is 0 Å². The Morgan fingerprint density at radius 2 is 2.11 bits per heavy atom. The molecule has 2 aromatic rings. The van der Waals surface area contributed by atoms with E-state index in [1.54, 1.807) is 0 Å². The van der Waals surface area contributed by atoms with Gasteiger partial charge < -0.3 is 9.30 Å². The second-order valence-electron chi connectivity index (χ2n) is 6.57. The summed E-state index contributed by atoms with van der Waals surface area (Å²) in [6, 6.07) is 6.49. The van der Waals surface area contributed by atoms with Gasteiger partial charge in [-0.05, 0) is 31.0 Å². The summed E-state index contributed by atoms with van der Waals surface area (Å²) < 4.78 is 7.96. The van der Waals surface area contributed by atoms with E-state index in [1.807, 2.05) is 0 Å². The highest BCUT2D eigenvalue weighted by Gasteiger charge is 2.26. The molecule has 0 radical (unpaired) electrons. The van der Waals surface area contributed by atoms with E-state index in [9.17, 15) is 0 Å². The first kappa shape index (κ1) is 12.7. The molecule has 0 N–H and O–H groups in total. The molecule has 0 spiro atoms. The van der Waals surface area contributed by atoms with E-state index in [4.69, 9.17) is 9.72 Å². The molecular weight excluding hydrogens is 236 g/mol.